The van der Waals surface area contributed by atoms with Crippen molar-refractivity contribution in [3.05, 3.63) is 64.7 Å². The summed E-state index contributed by atoms with van der Waals surface area (Å²) in [5.74, 6) is -0.801. The van der Waals surface area contributed by atoms with Gasteiger partial charge in [0.25, 0.3) is 5.91 Å². The zero-order chi connectivity index (χ0) is 27.2. The Morgan fingerprint density at radius 1 is 1.08 bits per heavy atom. The van der Waals surface area contributed by atoms with Gasteiger partial charge in [0.05, 0.1) is 13.7 Å². The number of primary amides is 1. The summed E-state index contributed by atoms with van der Waals surface area (Å²) in [5.41, 5.74) is 9.11. The molecule has 0 spiro atoms. The molecule has 2 heterocycles. The van der Waals surface area contributed by atoms with E-state index in [1.165, 1.54) is 30.4 Å². The SMILES string of the molecule is COC(=O)CCC(C(N)=O)N1Cc2c(OCc3ccc(CN4CCC(N(C)C)CC4)cc3)cccc2C1=O. The van der Waals surface area contributed by atoms with E-state index in [9.17, 15) is 14.4 Å². The first-order valence-corrected chi connectivity index (χ1v) is 13.1. The molecule has 2 aromatic carbocycles. The van der Waals surface area contributed by atoms with Crippen molar-refractivity contribution in [3.8, 4) is 5.75 Å². The molecule has 1 fully saturated rings. The molecule has 0 aromatic heterocycles. The number of methoxy groups -OCH3 is 1. The number of rotatable bonds is 11. The van der Waals surface area contributed by atoms with Crippen molar-refractivity contribution in [1.29, 1.82) is 0 Å². The number of piperidine rings is 1. The third-order valence-electron chi connectivity index (χ3n) is 7.62. The van der Waals surface area contributed by atoms with E-state index in [0.29, 0.717) is 24.0 Å². The summed E-state index contributed by atoms with van der Waals surface area (Å²) in [4.78, 5) is 43.0. The Bertz CT molecular complexity index is 1140. The first-order valence-electron chi connectivity index (χ1n) is 13.1. The number of likely N-dealkylation sites (tertiary alicyclic amines) is 1. The van der Waals surface area contributed by atoms with Crippen LogP contribution in [0.4, 0.5) is 0 Å². The second kappa shape index (κ2) is 12.4. The van der Waals surface area contributed by atoms with Crippen LogP contribution in [0.1, 0.15) is 52.7 Å². The maximum Gasteiger partial charge on any atom is 0.305 e. The molecule has 38 heavy (non-hydrogen) atoms. The molecule has 1 saturated heterocycles. The van der Waals surface area contributed by atoms with Gasteiger partial charge in [0, 0.05) is 30.1 Å². The van der Waals surface area contributed by atoms with E-state index in [0.717, 1.165) is 30.8 Å². The molecule has 9 nitrogen and oxygen atoms in total. The van der Waals surface area contributed by atoms with E-state index in [-0.39, 0.29) is 25.3 Å². The summed E-state index contributed by atoms with van der Waals surface area (Å²) in [5, 5.41) is 0. The second-order valence-electron chi connectivity index (χ2n) is 10.3. The van der Waals surface area contributed by atoms with Crippen LogP contribution in [0.3, 0.4) is 0 Å². The number of fused-ring (bicyclic) bond motifs is 1. The van der Waals surface area contributed by atoms with Crippen LogP contribution in [-0.2, 0) is 34.0 Å². The van der Waals surface area contributed by atoms with Gasteiger partial charge in [-0.15, -0.1) is 0 Å². The van der Waals surface area contributed by atoms with Crippen LogP contribution in [0.2, 0.25) is 0 Å². The fraction of sp³-hybridized carbons (Fsp3) is 0.483. The lowest BCUT2D eigenvalue weighted by molar-refractivity contribution is -0.141. The number of amides is 2. The summed E-state index contributed by atoms with van der Waals surface area (Å²) in [6.07, 6.45) is 2.51. The first-order chi connectivity index (χ1) is 18.3. The Labute approximate surface area is 224 Å². The molecule has 9 heteroatoms. The minimum atomic E-state index is -0.900. The maximum atomic E-state index is 13.1. The van der Waals surface area contributed by atoms with Crippen molar-refractivity contribution >= 4 is 17.8 Å². The minimum Gasteiger partial charge on any atom is -0.489 e. The van der Waals surface area contributed by atoms with Gasteiger partial charge in [-0.2, -0.15) is 0 Å². The summed E-state index contributed by atoms with van der Waals surface area (Å²) in [6, 6.07) is 13.6. The van der Waals surface area contributed by atoms with Crippen LogP contribution in [-0.4, -0.2) is 78.9 Å². The highest BCUT2D eigenvalue weighted by molar-refractivity contribution is 6.01. The molecule has 0 bridgehead atoms. The van der Waals surface area contributed by atoms with E-state index < -0.39 is 17.9 Å². The quantitative estimate of drug-likeness (QED) is 0.452. The van der Waals surface area contributed by atoms with Gasteiger partial charge in [0.1, 0.15) is 18.4 Å². The van der Waals surface area contributed by atoms with Crippen molar-refractivity contribution < 1.29 is 23.9 Å². The standard InChI is InChI=1S/C29H38N4O5/c1-31(2)22-13-15-32(16-14-22)17-20-7-9-21(10-8-20)19-38-26-6-4-5-23-24(26)18-33(29(23)36)25(28(30)35)11-12-27(34)37-3/h4-10,22,25H,11-19H2,1-3H3,(H2,30,35). The number of nitrogens with zero attached hydrogens (tertiary/aromatic N) is 3. The fourth-order valence-corrected chi connectivity index (χ4v) is 5.28. The lowest BCUT2D eigenvalue weighted by Gasteiger charge is -2.35. The van der Waals surface area contributed by atoms with E-state index >= 15 is 0 Å². The van der Waals surface area contributed by atoms with Crippen molar-refractivity contribution in [2.45, 2.75) is 57.5 Å². The fourth-order valence-electron chi connectivity index (χ4n) is 5.28. The molecule has 0 saturated carbocycles. The van der Waals surface area contributed by atoms with Gasteiger partial charge >= 0.3 is 5.97 Å². The predicted molar refractivity (Wildman–Crippen MR) is 143 cm³/mol. The number of carbonyl (C=O) groups excluding carboxylic acids is 3. The van der Waals surface area contributed by atoms with Gasteiger partial charge in [0.15, 0.2) is 0 Å². The molecule has 2 aliphatic heterocycles. The summed E-state index contributed by atoms with van der Waals surface area (Å²) < 4.78 is 10.8. The lowest BCUT2D eigenvalue weighted by Crippen LogP contribution is -2.45. The Morgan fingerprint density at radius 2 is 1.76 bits per heavy atom. The van der Waals surface area contributed by atoms with Gasteiger partial charge in [0.2, 0.25) is 5.91 Å². The summed E-state index contributed by atoms with van der Waals surface area (Å²) in [6.45, 7) is 3.73. The number of esters is 1. The number of hydrogen-bond donors (Lipinski definition) is 1. The van der Waals surface area contributed by atoms with Crippen LogP contribution < -0.4 is 10.5 Å². The summed E-state index contributed by atoms with van der Waals surface area (Å²) >= 11 is 0. The van der Waals surface area contributed by atoms with Crippen molar-refractivity contribution in [1.82, 2.24) is 14.7 Å². The normalized spacial score (nSPS) is 16.9. The zero-order valence-electron chi connectivity index (χ0n) is 22.5. The highest BCUT2D eigenvalue weighted by atomic mass is 16.5. The highest BCUT2D eigenvalue weighted by Gasteiger charge is 2.37. The number of benzene rings is 2. The monoisotopic (exact) mass is 522 g/mol. The zero-order valence-corrected chi connectivity index (χ0v) is 22.5. The average molecular weight is 523 g/mol. The van der Waals surface area contributed by atoms with E-state index in [1.807, 2.05) is 6.07 Å². The first kappa shape index (κ1) is 27.6. The van der Waals surface area contributed by atoms with Gasteiger partial charge < -0.3 is 25.0 Å². The van der Waals surface area contributed by atoms with Crippen molar-refractivity contribution in [3.63, 3.8) is 0 Å². The number of hydrogen-bond acceptors (Lipinski definition) is 7. The van der Waals surface area contributed by atoms with E-state index in [1.54, 1.807) is 12.1 Å². The Morgan fingerprint density at radius 3 is 2.39 bits per heavy atom. The topological polar surface area (TPSA) is 105 Å². The number of ether oxygens (including phenoxy) is 2. The molecular weight excluding hydrogens is 484 g/mol. The molecule has 0 radical (unpaired) electrons. The average Bonchev–Trinajstić information content (AvgIpc) is 3.25. The highest BCUT2D eigenvalue weighted by Crippen LogP contribution is 2.33. The molecule has 2 aromatic rings. The summed E-state index contributed by atoms with van der Waals surface area (Å²) in [7, 11) is 5.60. The predicted octanol–water partition coefficient (Wildman–Crippen LogP) is 2.55. The Balaban J connectivity index is 1.35. The second-order valence-corrected chi connectivity index (χ2v) is 10.3. The van der Waals surface area contributed by atoms with Gasteiger partial charge in [-0.05, 0) is 69.7 Å². The molecule has 204 valence electrons. The smallest absolute Gasteiger partial charge is 0.305 e. The van der Waals surface area contributed by atoms with Gasteiger partial charge in [-0.25, -0.2) is 0 Å². The van der Waals surface area contributed by atoms with Crippen LogP contribution in [0.5, 0.6) is 5.75 Å². The van der Waals surface area contributed by atoms with Crippen LogP contribution in [0.25, 0.3) is 0 Å². The lowest BCUT2D eigenvalue weighted by atomic mass is 10.0. The molecule has 2 amide bonds. The third-order valence-corrected chi connectivity index (χ3v) is 7.62. The molecule has 0 aliphatic carbocycles. The van der Waals surface area contributed by atoms with Crippen molar-refractivity contribution in [2.75, 3.05) is 34.3 Å². The molecule has 2 N–H and O–H groups in total. The minimum absolute atomic E-state index is 0.00204. The third kappa shape index (κ3) is 6.52. The number of nitrogens with two attached hydrogens (primary N) is 1. The van der Waals surface area contributed by atoms with Crippen molar-refractivity contribution in [2.24, 2.45) is 5.73 Å². The molecular formula is C29H38N4O5. The number of carbonyl (C=O) groups is 3. The van der Waals surface area contributed by atoms with E-state index in [2.05, 4.69) is 52.9 Å². The van der Waals surface area contributed by atoms with Crippen LogP contribution in [0, 0.1) is 0 Å². The largest absolute Gasteiger partial charge is 0.489 e. The molecule has 1 unspecified atom stereocenters. The van der Waals surface area contributed by atoms with E-state index in [4.69, 9.17) is 10.5 Å². The van der Waals surface area contributed by atoms with Crippen LogP contribution >= 0.6 is 0 Å². The van der Waals surface area contributed by atoms with Crippen LogP contribution in [0.15, 0.2) is 42.5 Å². The molecule has 4 rings (SSSR count). The molecule has 1 atom stereocenters. The van der Waals surface area contributed by atoms with Gasteiger partial charge in [-0.1, -0.05) is 30.3 Å². The maximum absolute atomic E-state index is 13.1. The Hall–Kier alpha value is -3.43. The van der Waals surface area contributed by atoms with Gasteiger partial charge in [-0.3, -0.25) is 19.3 Å². The Kier molecular flexibility index (Phi) is 9.01. The molecule has 2 aliphatic rings.